The zero-order valence-electron chi connectivity index (χ0n) is 7.64. The zero-order chi connectivity index (χ0) is 10.8. The molecule has 0 aliphatic carbocycles. The summed E-state index contributed by atoms with van der Waals surface area (Å²) in [6.07, 6.45) is -0.642. The second-order valence-electron chi connectivity index (χ2n) is 2.96. The Morgan fingerprint density at radius 1 is 1.43 bits per heavy atom. The summed E-state index contributed by atoms with van der Waals surface area (Å²) < 4.78 is 35.6. The van der Waals surface area contributed by atoms with E-state index in [1.54, 1.807) is 0 Å². The number of hydrogen-bond acceptors (Lipinski definition) is 3. The molecule has 14 heavy (non-hydrogen) atoms. The van der Waals surface area contributed by atoms with Crippen molar-refractivity contribution in [3.05, 3.63) is 29.8 Å². The van der Waals surface area contributed by atoms with E-state index in [4.69, 9.17) is 5.11 Å². The lowest BCUT2D eigenvalue weighted by Gasteiger charge is -2.09. The van der Waals surface area contributed by atoms with E-state index in [1.165, 1.54) is 24.3 Å². The van der Waals surface area contributed by atoms with Crippen LogP contribution in [-0.4, -0.2) is 26.4 Å². The third-order valence-electron chi connectivity index (χ3n) is 1.82. The quantitative estimate of drug-likeness (QED) is 0.826. The second kappa shape index (κ2) is 4.06. The molecule has 0 amide bonds. The van der Waals surface area contributed by atoms with Gasteiger partial charge in [0.2, 0.25) is 0 Å². The third kappa shape index (κ3) is 2.30. The molecule has 1 aromatic rings. The molecule has 0 spiro atoms. The molecular weight excluding hydrogens is 207 g/mol. The van der Waals surface area contributed by atoms with Crippen LogP contribution in [0.5, 0.6) is 0 Å². The van der Waals surface area contributed by atoms with Crippen LogP contribution in [0, 0.1) is 0 Å². The van der Waals surface area contributed by atoms with Crippen LogP contribution in [0.25, 0.3) is 0 Å². The van der Waals surface area contributed by atoms with Crippen LogP contribution in [0.2, 0.25) is 0 Å². The van der Waals surface area contributed by atoms with Crippen molar-refractivity contribution >= 4 is 9.84 Å². The highest BCUT2D eigenvalue weighted by Crippen LogP contribution is 2.24. The second-order valence-corrected chi connectivity index (χ2v) is 4.94. The fourth-order valence-corrected chi connectivity index (χ4v) is 2.13. The van der Waals surface area contributed by atoms with Crippen molar-refractivity contribution in [3.8, 4) is 0 Å². The van der Waals surface area contributed by atoms with Gasteiger partial charge in [0.1, 0.15) is 6.17 Å². The van der Waals surface area contributed by atoms with Gasteiger partial charge in [-0.2, -0.15) is 0 Å². The molecule has 0 aliphatic heterocycles. The van der Waals surface area contributed by atoms with Crippen LogP contribution in [0.3, 0.4) is 0 Å². The average molecular weight is 218 g/mol. The van der Waals surface area contributed by atoms with E-state index >= 15 is 0 Å². The summed E-state index contributed by atoms with van der Waals surface area (Å²) in [6.45, 7) is -0.716. The maximum Gasteiger partial charge on any atom is 0.175 e. The minimum absolute atomic E-state index is 0.0116. The molecule has 5 heteroatoms. The summed E-state index contributed by atoms with van der Waals surface area (Å²) in [7, 11) is -3.44. The SMILES string of the molecule is CS(=O)(=O)c1ccccc1C(F)CO. The Morgan fingerprint density at radius 3 is 2.50 bits per heavy atom. The number of sulfone groups is 1. The Kier molecular flexibility index (Phi) is 3.23. The first-order valence-electron chi connectivity index (χ1n) is 4.00. The average Bonchev–Trinajstić information content (AvgIpc) is 2.15. The maximum absolute atomic E-state index is 13.1. The van der Waals surface area contributed by atoms with Crippen molar-refractivity contribution in [2.45, 2.75) is 11.1 Å². The Hall–Kier alpha value is -0.940. The molecule has 0 aromatic heterocycles. The topological polar surface area (TPSA) is 54.4 Å². The first kappa shape index (κ1) is 11.1. The van der Waals surface area contributed by atoms with E-state index in [0.717, 1.165) is 6.26 Å². The van der Waals surface area contributed by atoms with Crippen molar-refractivity contribution in [1.29, 1.82) is 0 Å². The third-order valence-corrected chi connectivity index (χ3v) is 2.99. The summed E-state index contributed by atoms with van der Waals surface area (Å²) in [5.41, 5.74) is 0.0116. The number of rotatable bonds is 3. The van der Waals surface area contributed by atoms with Gasteiger partial charge in [-0.1, -0.05) is 18.2 Å². The number of hydrogen-bond donors (Lipinski definition) is 1. The molecule has 1 unspecified atom stereocenters. The van der Waals surface area contributed by atoms with Crippen LogP contribution in [0.1, 0.15) is 11.7 Å². The number of aliphatic hydroxyl groups excluding tert-OH is 1. The van der Waals surface area contributed by atoms with Crippen LogP contribution >= 0.6 is 0 Å². The van der Waals surface area contributed by atoms with Gasteiger partial charge in [0, 0.05) is 11.8 Å². The van der Waals surface area contributed by atoms with Gasteiger partial charge in [-0.15, -0.1) is 0 Å². The van der Waals surface area contributed by atoms with Crippen molar-refractivity contribution in [2.75, 3.05) is 12.9 Å². The molecule has 0 saturated heterocycles. The lowest BCUT2D eigenvalue weighted by molar-refractivity contribution is 0.178. The van der Waals surface area contributed by atoms with Crippen LogP contribution < -0.4 is 0 Å². The van der Waals surface area contributed by atoms with Crippen molar-refractivity contribution in [1.82, 2.24) is 0 Å². The summed E-state index contributed by atoms with van der Waals surface area (Å²) >= 11 is 0. The molecule has 1 N–H and O–H groups in total. The normalized spacial score (nSPS) is 13.9. The highest BCUT2D eigenvalue weighted by molar-refractivity contribution is 7.90. The van der Waals surface area contributed by atoms with Gasteiger partial charge < -0.3 is 5.11 Å². The molecule has 0 heterocycles. The van der Waals surface area contributed by atoms with Crippen molar-refractivity contribution in [2.24, 2.45) is 0 Å². The fourth-order valence-electron chi connectivity index (χ4n) is 1.18. The zero-order valence-corrected chi connectivity index (χ0v) is 8.46. The highest BCUT2D eigenvalue weighted by atomic mass is 32.2. The molecule has 1 atom stereocenters. The van der Waals surface area contributed by atoms with Gasteiger partial charge >= 0.3 is 0 Å². The van der Waals surface area contributed by atoms with Gasteiger partial charge in [0.25, 0.3) is 0 Å². The lowest BCUT2D eigenvalue weighted by Crippen LogP contribution is -2.06. The molecule has 0 radical (unpaired) electrons. The summed E-state index contributed by atoms with van der Waals surface area (Å²) in [5, 5.41) is 8.61. The molecule has 1 aromatic carbocycles. The van der Waals surface area contributed by atoms with Gasteiger partial charge in [-0.05, 0) is 6.07 Å². The molecule has 78 valence electrons. The number of alkyl halides is 1. The maximum atomic E-state index is 13.1. The summed E-state index contributed by atoms with van der Waals surface area (Å²) in [6, 6.07) is 5.74. The molecule has 0 aliphatic rings. The Balaban J connectivity index is 3.30. The van der Waals surface area contributed by atoms with Crippen LogP contribution in [0.4, 0.5) is 4.39 Å². The van der Waals surface area contributed by atoms with E-state index in [1.807, 2.05) is 0 Å². The molecule has 1 rings (SSSR count). The van der Waals surface area contributed by atoms with E-state index in [9.17, 15) is 12.8 Å². The molecule has 3 nitrogen and oxygen atoms in total. The Bertz CT molecular complexity index is 414. The number of aliphatic hydroxyl groups is 1. The first-order valence-corrected chi connectivity index (χ1v) is 5.90. The molecular formula is C9H11FO3S. The van der Waals surface area contributed by atoms with Gasteiger partial charge in [0.05, 0.1) is 11.5 Å². The van der Waals surface area contributed by atoms with Gasteiger partial charge in [-0.25, -0.2) is 12.8 Å². The van der Waals surface area contributed by atoms with E-state index in [2.05, 4.69) is 0 Å². The Morgan fingerprint density at radius 2 is 2.00 bits per heavy atom. The van der Waals surface area contributed by atoms with E-state index in [0.29, 0.717) is 0 Å². The predicted octanol–water partition coefficient (Wildman–Crippen LogP) is 1.09. The Labute approximate surface area is 82.1 Å². The minimum Gasteiger partial charge on any atom is -0.393 e. The smallest absolute Gasteiger partial charge is 0.175 e. The number of halogens is 1. The highest BCUT2D eigenvalue weighted by Gasteiger charge is 2.18. The summed E-state index contributed by atoms with van der Waals surface area (Å²) in [5.74, 6) is 0. The number of benzene rings is 1. The molecule has 0 bridgehead atoms. The van der Waals surface area contributed by atoms with Gasteiger partial charge in [0.15, 0.2) is 9.84 Å². The summed E-state index contributed by atoms with van der Waals surface area (Å²) in [4.78, 5) is -0.0680. The molecule has 0 fully saturated rings. The van der Waals surface area contributed by atoms with E-state index < -0.39 is 22.6 Å². The first-order chi connectivity index (χ1) is 6.46. The lowest BCUT2D eigenvalue weighted by atomic mass is 10.1. The van der Waals surface area contributed by atoms with Gasteiger partial charge in [-0.3, -0.25) is 0 Å². The van der Waals surface area contributed by atoms with Crippen LogP contribution in [0.15, 0.2) is 29.2 Å². The van der Waals surface area contributed by atoms with Crippen molar-refractivity contribution in [3.63, 3.8) is 0 Å². The standard InChI is InChI=1S/C9H11FO3S/c1-14(12,13)9-5-3-2-4-7(9)8(10)6-11/h2-5,8,11H,6H2,1H3. The fraction of sp³-hybridized carbons (Fsp3) is 0.333. The minimum atomic E-state index is -3.44. The predicted molar refractivity (Wildman–Crippen MR) is 50.5 cm³/mol. The van der Waals surface area contributed by atoms with Crippen LogP contribution in [-0.2, 0) is 9.84 Å². The van der Waals surface area contributed by atoms with E-state index in [-0.39, 0.29) is 10.5 Å². The molecule has 0 saturated carbocycles. The largest absolute Gasteiger partial charge is 0.393 e. The van der Waals surface area contributed by atoms with Crippen molar-refractivity contribution < 1.29 is 17.9 Å². The monoisotopic (exact) mass is 218 g/mol.